The molecule has 0 saturated carbocycles. The minimum Gasteiger partial charge on any atom is -0.473 e. The van der Waals surface area contributed by atoms with Gasteiger partial charge in [0.1, 0.15) is 4.91 Å². The molecule has 0 saturated heterocycles. The Balaban J connectivity index is 2.98. The number of allylic oxidation sites excluding steroid dienone is 3. The third-order valence-corrected chi connectivity index (χ3v) is 2.52. The van der Waals surface area contributed by atoms with Crippen molar-refractivity contribution < 1.29 is 19.1 Å². The number of hydrogen-bond donors (Lipinski definition) is 0. The summed E-state index contributed by atoms with van der Waals surface area (Å²) in [7, 11) is 0. The molecule has 0 aliphatic carbocycles. The van der Waals surface area contributed by atoms with E-state index < -0.39 is 5.97 Å². The molecule has 4 nitrogen and oxygen atoms in total. The van der Waals surface area contributed by atoms with Crippen LogP contribution in [0.25, 0.3) is 0 Å². The molecule has 0 amide bonds. The second kappa shape index (κ2) is 6.17. The molecule has 0 atom stereocenters. The molecule has 0 aromatic heterocycles. The number of carbonyl (C=O) groups is 2. The summed E-state index contributed by atoms with van der Waals surface area (Å²) in [6.07, 6.45) is 6.11. The summed E-state index contributed by atoms with van der Waals surface area (Å²) in [5.74, 6) is -0.492. The summed E-state index contributed by atoms with van der Waals surface area (Å²) in [4.78, 5) is 22.9. The molecule has 0 radical (unpaired) electrons. The van der Waals surface area contributed by atoms with Crippen LogP contribution in [0.1, 0.15) is 13.8 Å². The number of carbonyl (C=O) groups excluding carboxylic acids is 2. The topological polar surface area (TPSA) is 52.6 Å². The largest absolute Gasteiger partial charge is 0.473 e. The molecule has 0 bridgehead atoms. The third kappa shape index (κ3) is 3.58. The maximum atomic E-state index is 11.6. The van der Waals surface area contributed by atoms with Crippen LogP contribution in [-0.2, 0) is 19.1 Å². The SMILES string of the molecule is CCOC(=O)C(SC(C)=O)=C1C=COC=C1. The van der Waals surface area contributed by atoms with Crippen LogP contribution in [0.4, 0.5) is 0 Å². The second-order valence-corrected chi connectivity index (χ2v) is 4.03. The number of thioether (sulfide) groups is 1. The van der Waals surface area contributed by atoms with Crippen LogP contribution in [0.3, 0.4) is 0 Å². The Hall–Kier alpha value is -1.49. The first-order valence-corrected chi connectivity index (χ1v) is 5.55. The molecule has 0 fully saturated rings. The fourth-order valence-electron chi connectivity index (χ4n) is 1.04. The maximum absolute atomic E-state index is 11.6. The van der Waals surface area contributed by atoms with Crippen LogP contribution < -0.4 is 0 Å². The van der Waals surface area contributed by atoms with Gasteiger partial charge in [-0.05, 0) is 30.8 Å². The van der Waals surface area contributed by atoms with Gasteiger partial charge in [0.15, 0.2) is 5.12 Å². The summed E-state index contributed by atoms with van der Waals surface area (Å²) < 4.78 is 9.73. The van der Waals surface area contributed by atoms with Crippen molar-refractivity contribution in [3.05, 3.63) is 35.2 Å². The van der Waals surface area contributed by atoms with Gasteiger partial charge in [-0.15, -0.1) is 0 Å². The number of ether oxygens (including phenoxy) is 2. The minimum absolute atomic E-state index is 0.163. The lowest BCUT2D eigenvalue weighted by Gasteiger charge is -2.09. The summed E-state index contributed by atoms with van der Waals surface area (Å²) in [5, 5.41) is -0.163. The van der Waals surface area contributed by atoms with Crippen LogP contribution in [-0.4, -0.2) is 17.7 Å². The fraction of sp³-hybridized carbons (Fsp3) is 0.273. The molecule has 0 N–H and O–H groups in total. The van der Waals surface area contributed by atoms with Crippen LogP contribution >= 0.6 is 11.8 Å². The highest BCUT2D eigenvalue weighted by Crippen LogP contribution is 2.25. The highest BCUT2D eigenvalue weighted by Gasteiger charge is 2.17. The van der Waals surface area contributed by atoms with Gasteiger partial charge in [0.25, 0.3) is 0 Å². The average molecular weight is 240 g/mol. The van der Waals surface area contributed by atoms with E-state index in [0.29, 0.717) is 5.57 Å². The standard InChI is InChI=1S/C11H12O4S/c1-3-15-11(13)10(16-8(2)12)9-4-6-14-7-5-9/h4-7H,3H2,1-2H3. The van der Waals surface area contributed by atoms with E-state index in [9.17, 15) is 9.59 Å². The lowest BCUT2D eigenvalue weighted by molar-refractivity contribution is -0.137. The summed E-state index contributed by atoms with van der Waals surface area (Å²) >= 11 is 0.862. The Morgan fingerprint density at radius 2 is 2.00 bits per heavy atom. The molecule has 1 rings (SSSR count). The predicted octanol–water partition coefficient (Wildman–Crippen LogP) is 2.14. The van der Waals surface area contributed by atoms with Crippen molar-refractivity contribution in [1.82, 2.24) is 0 Å². The zero-order valence-electron chi connectivity index (χ0n) is 9.06. The van der Waals surface area contributed by atoms with E-state index in [-0.39, 0.29) is 16.6 Å². The van der Waals surface area contributed by atoms with Crippen molar-refractivity contribution in [3.63, 3.8) is 0 Å². The van der Waals surface area contributed by atoms with Gasteiger partial charge in [0.05, 0.1) is 19.1 Å². The summed E-state index contributed by atoms with van der Waals surface area (Å²) in [6.45, 7) is 3.39. The van der Waals surface area contributed by atoms with Gasteiger partial charge in [-0.25, -0.2) is 4.79 Å². The van der Waals surface area contributed by atoms with Crippen molar-refractivity contribution in [1.29, 1.82) is 0 Å². The lowest BCUT2D eigenvalue weighted by atomic mass is 10.2. The molecule has 16 heavy (non-hydrogen) atoms. The minimum atomic E-state index is -0.492. The van der Waals surface area contributed by atoms with E-state index in [1.807, 2.05) is 0 Å². The van der Waals surface area contributed by atoms with Crippen molar-refractivity contribution in [3.8, 4) is 0 Å². The highest BCUT2D eigenvalue weighted by atomic mass is 32.2. The zero-order valence-corrected chi connectivity index (χ0v) is 9.87. The summed E-state index contributed by atoms with van der Waals surface area (Å²) in [6, 6.07) is 0. The van der Waals surface area contributed by atoms with E-state index >= 15 is 0 Å². The van der Waals surface area contributed by atoms with Gasteiger partial charge in [-0.2, -0.15) is 0 Å². The van der Waals surface area contributed by atoms with Crippen LogP contribution in [0, 0.1) is 0 Å². The van der Waals surface area contributed by atoms with Gasteiger partial charge < -0.3 is 9.47 Å². The third-order valence-electron chi connectivity index (χ3n) is 1.62. The molecule has 1 aliphatic heterocycles. The highest BCUT2D eigenvalue weighted by molar-refractivity contribution is 8.17. The van der Waals surface area contributed by atoms with Crippen molar-refractivity contribution in [2.75, 3.05) is 6.61 Å². The second-order valence-electron chi connectivity index (χ2n) is 2.84. The van der Waals surface area contributed by atoms with E-state index in [1.54, 1.807) is 19.1 Å². The summed E-state index contributed by atoms with van der Waals surface area (Å²) in [5.41, 5.74) is 0.616. The van der Waals surface area contributed by atoms with Gasteiger partial charge >= 0.3 is 5.97 Å². The maximum Gasteiger partial charge on any atom is 0.345 e. The van der Waals surface area contributed by atoms with E-state index in [2.05, 4.69) is 0 Å². The lowest BCUT2D eigenvalue weighted by Crippen LogP contribution is -2.09. The van der Waals surface area contributed by atoms with Crippen molar-refractivity contribution >= 4 is 22.8 Å². The molecule has 0 spiro atoms. The Bertz CT molecular complexity index is 365. The van der Waals surface area contributed by atoms with Gasteiger partial charge in [-0.1, -0.05) is 0 Å². The van der Waals surface area contributed by atoms with Crippen LogP contribution in [0.15, 0.2) is 35.2 Å². The van der Waals surface area contributed by atoms with Crippen molar-refractivity contribution in [2.24, 2.45) is 0 Å². The fourth-order valence-corrected chi connectivity index (χ4v) is 1.72. The predicted molar refractivity (Wildman–Crippen MR) is 61.3 cm³/mol. The molecule has 1 heterocycles. The average Bonchev–Trinajstić information content (AvgIpc) is 2.27. The first-order chi connectivity index (χ1) is 7.65. The van der Waals surface area contributed by atoms with Crippen LogP contribution in [0.5, 0.6) is 0 Å². The van der Waals surface area contributed by atoms with Gasteiger partial charge in [0, 0.05) is 12.5 Å². The van der Waals surface area contributed by atoms with E-state index in [0.717, 1.165) is 11.8 Å². The first kappa shape index (κ1) is 12.6. The number of esters is 1. The number of hydrogen-bond acceptors (Lipinski definition) is 5. The molecular formula is C11H12O4S. The Morgan fingerprint density at radius 3 is 2.50 bits per heavy atom. The molecule has 0 aromatic carbocycles. The monoisotopic (exact) mass is 240 g/mol. The van der Waals surface area contributed by atoms with Crippen LogP contribution in [0.2, 0.25) is 0 Å². The smallest absolute Gasteiger partial charge is 0.345 e. The van der Waals surface area contributed by atoms with Gasteiger partial charge in [0.2, 0.25) is 0 Å². The molecule has 0 unspecified atom stereocenters. The molecular weight excluding hydrogens is 228 g/mol. The van der Waals surface area contributed by atoms with E-state index in [4.69, 9.17) is 9.47 Å². The van der Waals surface area contributed by atoms with Gasteiger partial charge in [-0.3, -0.25) is 4.79 Å². The Morgan fingerprint density at radius 1 is 1.38 bits per heavy atom. The molecule has 86 valence electrons. The zero-order chi connectivity index (χ0) is 12.0. The first-order valence-electron chi connectivity index (χ1n) is 4.73. The number of rotatable bonds is 3. The molecule has 5 heteroatoms. The normalized spacial score (nSPS) is 13.2. The van der Waals surface area contributed by atoms with Crippen molar-refractivity contribution in [2.45, 2.75) is 13.8 Å². The molecule has 0 aromatic rings. The molecule has 1 aliphatic rings. The Kier molecular flexibility index (Phi) is 4.85. The quantitative estimate of drug-likeness (QED) is 0.559. The Labute approximate surface area is 98.0 Å². The van der Waals surface area contributed by atoms with E-state index in [1.165, 1.54) is 19.4 Å².